The summed E-state index contributed by atoms with van der Waals surface area (Å²) in [7, 11) is 0. The monoisotopic (exact) mass is 180 g/mol. The lowest BCUT2D eigenvalue weighted by molar-refractivity contribution is 0.448. The average molecular weight is 180 g/mol. The van der Waals surface area contributed by atoms with E-state index in [4.69, 9.17) is 0 Å². The van der Waals surface area contributed by atoms with E-state index in [9.17, 15) is 5.11 Å². The summed E-state index contributed by atoms with van der Waals surface area (Å²) in [5, 5.41) is 9.44. The van der Waals surface area contributed by atoms with Gasteiger partial charge in [-0.15, -0.1) is 0 Å². The van der Waals surface area contributed by atoms with Gasteiger partial charge in [-0.3, -0.25) is 0 Å². The molecule has 1 atom stereocenters. The van der Waals surface area contributed by atoms with Gasteiger partial charge in [-0.2, -0.15) is 4.98 Å². The second kappa shape index (κ2) is 2.50. The zero-order valence-electron chi connectivity index (χ0n) is 8.39. The fourth-order valence-electron chi connectivity index (χ4n) is 1.77. The molecule has 13 heavy (non-hydrogen) atoms. The molecule has 1 heterocycles. The Morgan fingerprint density at radius 2 is 2.23 bits per heavy atom. The molecule has 72 valence electrons. The van der Waals surface area contributed by atoms with Crippen LogP contribution in [0.2, 0.25) is 0 Å². The molecule has 0 aromatic carbocycles. The van der Waals surface area contributed by atoms with Crippen molar-refractivity contribution in [2.75, 3.05) is 0 Å². The molecule has 0 bridgehead atoms. The Labute approximate surface area is 78.2 Å². The molecule has 1 aliphatic carbocycles. The van der Waals surface area contributed by atoms with Gasteiger partial charge in [0.05, 0.1) is 5.69 Å². The maximum absolute atomic E-state index is 9.44. The highest BCUT2D eigenvalue weighted by Gasteiger charge is 2.48. The van der Waals surface area contributed by atoms with Crippen molar-refractivity contribution in [1.29, 1.82) is 0 Å². The van der Waals surface area contributed by atoms with Crippen LogP contribution < -0.4 is 0 Å². The van der Waals surface area contributed by atoms with E-state index in [1.807, 2.05) is 6.92 Å². The summed E-state index contributed by atoms with van der Waals surface area (Å²) in [4.78, 5) is 7.33. The topological polar surface area (TPSA) is 48.9 Å². The van der Waals surface area contributed by atoms with E-state index >= 15 is 0 Å². The minimum atomic E-state index is 0.181. The van der Waals surface area contributed by atoms with Crippen molar-refractivity contribution >= 4 is 0 Å². The number of rotatable bonds is 2. The van der Waals surface area contributed by atoms with Gasteiger partial charge >= 0.3 is 0 Å². The fraction of sp³-hybridized carbons (Fsp3) is 0.700. The Morgan fingerprint density at radius 1 is 1.62 bits per heavy atom. The van der Waals surface area contributed by atoms with Crippen LogP contribution in [0.4, 0.5) is 0 Å². The van der Waals surface area contributed by atoms with Crippen molar-refractivity contribution in [2.24, 2.45) is 5.41 Å². The van der Waals surface area contributed by atoms with Crippen LogP contribution in [-0.4, -0.2) is 15.1 Å². The summed E-state index contributed by atoms with van der Waals surface area (Å²) in [5.41, 5.74) is 1.23. The summed E-state index contributed by atoms with van der Waals surface area (Å²) in [5.74, 6) is 1.65. The molecular weight excluding hydrogens is 164 g/mol. The van der Waals surface area contributed by atoms with Crippen LogP contribution in [0.5, 0.6) is 5.88 Å². The molecule has 2 N–H and O–H groups in total. The van der Waals surface area contributed by atoms with E-state index in [1.54, 1.807) is 0 Å². The number of aromatic amines is 1. The summed E-state index contributed by atoms with van der Waals surface area (Å²) >= 11 is 0. The zero-order chi connectivity index (χ0) is 9.64. The van der Waals surface area contributed by atoms with Gasteiger partial charge in [0.1, 0.15) is 5.82 Å². The van der Waals surface area contributed by atoms with Crippen LogP contribution in [0.25, 0.3) is 0 Å². The number of nitrogens with zero attached hydrogens (tertiary/aromatic N) is 1. The molecule has 0 saturated heterocycles. The second-order valence-corrected chi connectivity index (χ2v) is 4.52. The van der Waals surface area contributed by atoms with Crippen molar-refractivity contribution in [2.45, 2.75) is 39.5 Å². The molecule has 1 aromatic heterocycles. The first-order valence-electron chi connectivity index (χ1n) is 4.82. The lowest BCUT2D eigenvalue weighted by Gasteiger charge is -1.97. The normalized spacial score (nSPS) is 24.7. The van der Waals surface area contributed by atoms with Crippen molar-refractivity contribution in [3.05, 3.63) is 11.5 Å². The van der Waals surface area contributed by atoms with E-state index < -0.39 is 0 Å². The number of hydrogen-bond donors (Lipinski definition) is 2. The smallest absolute Gasteiger partial charge is 0.232 e. The molecule has 3 heteroatoms. The summed E-state index contributed by atoms with van der Waals surface area (Å²) < 4.78 is 0. The highest BCUT2D eigenvalue weighted by Crippen LogP contribution is 2.57. The highest BCUT2D eigenvalue weighted by molar-refractivity contribution is 5.25. The standard InChI is InChI=1S/C10H16N2O/c1-4-7-9(13)12-8(11-7)6-5-10(6,2)3/h6,13H,4-5H2,1-3H3,(H,11,12). The number of imidazole rings is 1. The molecule has 1 aromatic rings. The van der Waals surface area contributed by atoms with E-state index in [1.165, 1.54) is 6.42 Å². The molecule has 0 aliphatic heterocycles. The van der Waals surface area contributed by atoms with Gasteiger partial charge < -0.3 is 10.1 Å². The van der Waals surface area contributed by atoms with Crippen LogP contribution in [0.1, 0.15) is 44.6 Å². The van der Waals surface area contributed by atoms with Gasteiger partial charge in [0.25, 0.3) is 0 Å². The quantitative estimate of drug-likeness (QED) is 0.733. The molecule has 1 aliphatic rings. The number of H-pyrrole nitrogens is 1. The summed E-state index contributed by atoms with van der Waals surface area (Å²) in [6.07, 6.45) is 1.98. The third kappa shape index (κ3) is 1.32. The van der Waals surface area contributed by atoms with Gasteiger partial charge in [-0.1, -0.05) is 20.8 Å². The first kappa shape index (κ1) is 8.60. The maximum atomic E-state index is 9.44. The van der Waals surface area contributed by atoms with Gasteiger partial charge in [0, 0.05) is 5.92 Å². The number of aryl methyl sites for hydroxylation is 1. The molecule has 3 nitrogen and oxygen atoms in total. The second-order valence-electron chi connectivity index (χ2n) is 4.52. The highest BCUT2D eigenvalue weighted by atomic mass is 16.3. The fourth-order valence-corrected chi connectivity index (χ4v) is 1.77. The van der Waals surface area contributed by atoms with Crippen LogP contribution in [0.15, 0.2) is 0 Å². The van der Waals surface area contributed by atoms with Crippen molar-refractivity contribution in [3.8, 4) is 5.88 Å². The Kier molecular flexibility index (Phi) is 1.65. The van der Waals surface area contributed by atoms with E-state index in [2.05, 4.69) is 23.8 Å². The van der Waals surface area contributed by atoms with E-state index in [-0.39, 0.29) is 5.88 Å². The largest absolute Gasteiger partial charge is 0.492 e. The number of aromatic nitrogens is 2. The van der Waals surface area contributed by atoms with Crippen LogP contribution in [0.3, 0.4) is 0 Å². The predicted octanol–water partition coefficient (Wildman–Crippen LogP) is 2.19. The first-order valence-corrected chi connectivity index (χ1v) is 4.82. The molecule has 0 spiro atoms. The van der Waals surface area contributed by atoms with Gasteiger partial charge in [-0.05, 0) is 18.3 Å². The third-order valence-corrected chi connectivity index (χ3v) is 2.97. The molecule has 1 saturated carbocycles. The lowest BCUT2D eigenvalue weighted by Crippen LogP contribution is -1.92. The number of aromatic hydroxyl groups is 1. The third-order valence-electron chi connectivity index (χ3n) is 2.97. The Balaban J connectivity index is 2.24. The van der Waals surface area contributed by atoms with Crippen molar-refractivity contribution in [3.63, 3.8) is 0 Å². The Bertz CT molecular complexity index is 328. The minimum Gasteiger partial charge on any atom is -0.492 e. The SMILES string of the molecule is CCc1[nH]c(C2CC2(C)C)nc1O. The lowest BCUT2D eigenvalue weighted by atomic mass is 10.1. The van der Waals surface area contributed by atoms with Crippen LogP contribution in [-0.2, 0) is 6.42 Å². The predicted molar refractivity (Wildman–Crippen MR) is 50.8 cm³/mol. The van der Waals surface area contributed by atoms with Crippen molar-refractivity contribution in [1.82, 2.24) is 9.97 Å². The molecule has 1 unspecified atom stereocenters. The van der Waals surface area contributed by atoms with Gasteiger partial charge in [-0.25, -0.2) is 0 Å². The molecule has 1 fully saturated rings. The van der Waals surface area contributed by atoms with Crippen molar-refractivity contribution < 1.29 is 5.11 Å². The molecule has 0 radical (unpaired) electrons. The van der Waals surface area contributed by atoms with Crippen LogP contribution >= 0.6 is 0 Å². The number of nitrogens with one attached hydrogen (secondary N) is 1. The van der Waals surface area contributed by atoms with Crippen LogP contribution in [0, 0.1) is 5.41 Å². The first-order chi connectivity index (χ1) is 6.04. The Morgan fingerprint density at radius 3 is 2.62 bits per heavy atom. The molecule has 2 rings (SSSR count). The van der Waals surface area contributed by atoms with Gasteiger partial charge in [0.15, 0.2) is 0 Å². The Hall–Kier alpha value is -0.990. The van der Waals surface area contributed by atoms with Gasteiger partial charge in [0.2, 0.25) is 5.88 Å². The maximum Gasteiger partial charge on any atom is 0.232 e. The molecule has 0 amide bonds. The summed E-state index contributed by atoms with van der Waals surface area (Å²) in [6.45, 7) is 6.46. The molecular formula is C10H16N2O. The zero-order valence-corrected chi connectivity index (χ0v) is 8.39. The number of hydrogen-bond acceptors (Lipinski definition) is 2. The summed E-state index contributed by atoms with van der Waals surface area (Å²) in [6, 6.07) is 0. The minimum absolute atomic E-state index is 0.181. The average Bonchev–Trinajstić information content (AvgIpc) is 2.55. The van der Waals surface area contributed by atoms with E-state index in [0.29, 0.717) is 11.3 Å². The van der Waals surface area contributed by atoms with E-state index in [0.717, 1.165) is 17.9 Å².